The molecule has 0 fully saturated rings. The molecule has 0 bridgehead atoms. The number of hydrogen-bond donors (Lipinski definition) is 0. The summed E-state index contributed by atoms with van der Waals surface area (Å²) in [6, 6.07) is 0. The number of rotatable bonds is 4. The quantitative estimate of drug-likeness (QED) is 0.589. The molecule has 1 aliphatic heterocycles. The molecular formula is C14H19ClN2O2S. The molecule has 0 radical (unpaired) electrons. The van der Waals surface area contributed by atoms with Crippen LogP contribution in [0.5, 0.6) is 0 Å². The maximum Gasteiger partial charge on any atom is 0.230 e. The van der Waals surface area contributed by atoms with Crippen LogP contribution in [0.2, 0.25) is 0 Å². The Balaban J connectivity index is 3.36. The van der Waals surface area contributed by atoms with Gasteiger partial charge in [-0.25, -0.2) is 0 Å². The second-order valence-corrected chi connectivity index (χ2v) is 5.77. The lowest BCUT2D eigenvalue weighted by Crippen LogP contribution is -2.34. The number of allylic oxidation sites excluding steroid dienone is 3. The van der Waals surface area contributed by atoms with Gasteiger partial charge in [-0.15, -0.1) is 0 Å². The van der Waals surface area contributed by atoms with Crippen molar-refractivity contribution in [2.45, 2.75) is 20.3 Å². The summed E-state index contributed by atoms with van der Waals surface area (Å²) < 4.78 is 5.28. The summed E-state index contributed by atoms with van der Waals surface area (Å²) in [6.07, 6.45) is 4.25. The fraction of sp³-hybridized carbons (Fsp3) is 0.429. The van der Waals surface area contributed by atoms with Crippen molar-refractivity contribution < 1.29 is 9.53 Å². The van der Waals surface area contributed by atoms with Crippen LogP contribution in [0.1, 0.15) is 20.3 Å². The Kier molecular flexibility index (Phi) is 6.88. The van der Waals surface area contributed by atoms with Gasteiger partial charge in [-0.05, 0) is 25.5 Å². The van der Waals surface area contributed by atoms with E-state index < -0.39 is 0 Å². The van der Waals surface area contributed by atoms with Gasteiger partial charge in [-0.1, -0.05) is 29.9 Å². The third-order valence-electron chi connectivity index (χ3n) is 2.52. The van der Waals surface area contributed by atoms with Gasteiger partial charge in [0.2, 0.25) is 5.91 Å². The maximum absolute atomic E-state index is 12.0. The van der Waals surface area contributed by atoms with E-state index in [1.807, 2.05) is 0 Å². The molecule has 0 aromatic heterocycles. The van der Waals surface area contributed by atoms with Crippen LogP contribution in [-0.2, 0) is 9.53 Å². The highest BCUT2D eigenvalue weighted by Crippen LogP contribution is 2.24. The van der Waals surface area contributed by atoms with Gasteiger partial charge < -0.3 is 4.74 Å². The molecule has 0 atom stereocenters. The van der Waals surface area contributed by atoms with Crippen molar-refractivity contribution >= 4 is 34.4 Å². The predicted octanol–water partition coefficient (Wildman–Crippen LogP) is 3.51. The van der Waals surface area contributed by atoms with E-state index in [4.69, 9.17) is 16.3 Å². The van der Waals surface area contributed by atoms with Crippen LogP contribution in [0.4, 0.5) is 0 Å². The van der Waals surface area contributed by atoms with Crippen LogP contribution in [0.25, 0.3) is 0 Å². The van der Waals surface area contributed by atoms with E-state index in [9.17, 15) is 4.79 Å². The molecule has 0 aromatic carbocycles. The summed E-state index contributed by atoms with van der Waals surface area (Å²) in [4.78, 5) is 18.0. The molecule has 1 heterocycles. The van der Waals surface area contributed by atoms with E-state index >= 15 is 0 Å². The Morgan fingerprint density at radius 1 is 1.55 bits per heavy atom. The summed E-state index contributed by atoms with van der Waals surface area (Å²) in [5, 5.41) is 1.22. The zero-order chi connectivity index (χ0) is 15.1. The molecule has 0 aromatic rings. The lowest BCUT2D eigenvalue weighted by molar-refractivity contribution is -0.123. The number of carbonyl (C=O) groups is 1. The van der Waals surface area contributed by atoms with Gasteiger partial charge in [0, 0.05) is 24.3 Å². The van der Waals surface area contributed by atoms with Gasteiger partial charge in [-0.3, -0.25) is 14.7 Å². The monoisotopic (exact) mass is 314 g/mol. The lowest BCUT2D eigenvalue weighted by atomic mass is 10.2. The smallest absolute Gasteiger partial charge is 0.230 e. The minimum Gasteiger partial charge on any atom is -0.495 e. The molecule has 4 nitrogen and oxygen atoms in total. The van der Waals surface area contributed by atoms with Crippen molar-refractivity contribution in [3.05, 3.63) is 35.2 Å². The highest BCUT2D eigenvalue weighted by atomic mass is 35.5. The number of carbonyl (C=O) groups excluding carboxylic acids is 1. The van der Waals surface area contributed by atoms with Crippen LogP contribution in [0.15, 0.2) is 40.2 Å². The average molecular weight is 315 g/mol. The second-order valence-electron chi connectivity index (χ2n) is 4.11. The minimum absolute atomic E-state index is 0.140. The highest BCUT2D eigenvalue weighted by molar-refractivity contribution is 8.13. The van der Waals surface area contributed by atoms with Gasteiger partial charge in [0.15, 0.2) is 5.17 Å². The number of nitrogens with zero attached hydrogens (tertiary/aromatic N) is 2. The zero-order valence-electron chi connectivity index (χ0n) is 12.0. The number of halogens is 1. The van der Waals surface area contributed by atoms with Crippen molar-refractivity contribution in [1.82, 2.24) is 4.90 Å². The summed E-state index contributed by atoms with van der Waals surface area (Å²) in [6.45, 7) is 7.66. The van der Waals surface area contributed by atoms with Gasteiger partial charge in [0.25, 0.3) is 0 Å². The van der Waals surface area contributed by atoms with Crippen molar-refractivity contribution in [3.63, 3.8) is 0 Å². The van der Waals surface area contributed by atoms with Gasteiger partial charge in [0.1, 0.15) is 5.76 Å². The van der Waals surface area contributed by atoms with E-state index in [1.54, 1.807) is 30.8 Å². The number of amides is 1. The third-order valence-corrected chi connectivity index (χ3v) is 3.69. The van der Waals surface area contributed by atoms with Crippen molar-refractivity contribution in [3.8, 4) is 0 Å². The average Bonchev–Trinajstić information content (AvgIpc) is 2.40. The van der Waals surface area contributed by atoms with Gasteiger partial charge in [-0.2, -0.15) is 0 Å². The summed E-state index contributed by atoms with van der Waals surface area (Å²) in [5.41, 5.74) is 0.552. The van der Waals surface area contributed by atoms with Crippen LogP contribution in [0, 0.1) is 0 Å². The number of amidine groups is 1. The molecule has 0 N–H and O–H groups in total. The fourth-order valence-corrected chi connectivity index (χ4v) is 2.82. The fourth-order valence-electron chi connectivity index (χ4n) is 1.72. The summed E-state index contributed by atoms with van der Waals surface area (Å²) in [7, 11) is 1.53. The molecule has 0 aliphatic carbocycles. The SMILES string of the molecule is C=CC(OC)=C(C=C(C)Cl)N(C(C)=O)C1=NCCCS1. The molecule has 0 spiro atoms. The van der Waals surface area contributed by atoms with Crippen molar-refractivity contribution in [2.75, 3.05) is 19.4 Å². The van der Waals surface area contributed by atoms with Crippen LogP contribution >= 0.6 is 23.4 Å². The standard InChI is InChI=1S/C14H19ClN2O2S/c1-5-13(19-4)12(9-10(2)15)17(11(3)18)14-16-7-6-8-20-14/h5,9H,1,6-8H2,2-4H3. The molecule has 1 rings (SSSR count). The van der Waals surface area contributed by atoms with Crippen molar-refractivity contribution in [1.29, 1.82) is 0 Å². The number of hydrogen-bond acceptors (Lipinski definition) is 4. The Labute approximate surface area is 129 Å². The summed E-state index contributed by atoms with van der Waals surface area (Å²) >= 11 is 7.52. The lowest BCUT2D eigenvalue weighted by Gasteiger charge is -2.26. The molecule has 0 saturated carbocycles. The molecule has 1 aliphatic rings. The Hall–Kier alpha value is -1.20. The highest BCUT2D eigenvalue weighted by Gasteiger charge is 2.24. The predicted molar refractivity (Wildman–Crippen MR) is 85.7 cm³/mol. The third kappa shape index (κ3) is 4.42. The van der Waals surface area contributed by atoms with E-state index in [2.05, 4.69) is 11.6 Å². The van der Waals surface area contributed by atoms with Crippen LogP contribution in [0.3, 0.4) is 0 Å². The molecular weight excluding hydrogens is 296 g/mol. The Morgan fingerprint density at radius 3 is 2.65 bits per heavy atom. The molecule has 0 unspecified atom stereocenters. The van der Waals surface area contributed by atoms with Gasteiger partial charge in [0.05, 0.1) is 12.8 Å². The maximum atomic E-state index is 12.0. The first-order valence-corrected chi connectivity index (χ1v) is 7.60. The van der Waals surface area contributed by atoms with E-state index in [0.717, 1.165) is 18.7 Å². The Bertz CT molecular complexity index is 480. The van der Waals surface area contributed by atoms with Crippen LogP contribution in [-0.4, -0.2) is 35.4 Å². The van der Waals surface area contributed by atoms with Gasteiger partial charge >= 0.3 is 0 Å². The number of methoxy groups -OCH3 is 1. The number of aliphatic imine (C=N–C) groups is 1. The van der Waals surface area contributed by atoms with E-state index in [1.165, 1.54) is 18.9 Å². The number of ether oxygens (including phenoxy) is 1. The zero-order valence-corrected chi connectivity index (χ0v) is 13.6. The Morgan fingerprint density at radius 2 is 2.25 bits per heavy atom. The van der Waals surface area contributed by atoms with Crippen molar-refractivity contribution in [2.24, 2.45) is 4.99 Å². The van der Waals surface area contributed by atoms with E-state index in [-0.39, 0.29) is 5.91 Å². The molecule has 0 saturated heterocycles. The number of thioether (sulfide) groups is 1. The molecule has 6 heteroatoms. The minimum atomic E-state index is -0.140. The molecule has 20 heavy (non-hydrogen) atoms. The van der Waals surface area contributed by atoms with Crippen LogP contribution < -0.4 is 0 Å². The first-order chi connectivity index (χ1) is 9.51. The first kappa shape index (κ1) is 16.9. The molecule has 1 amide bonds. The normalized spacial score (nSPS) is 17.0. The largest absolute Gasteiger partial charge is 0.495 e. The first-order valence-electron chi connectivity index (χ1n) is 6.23. The summed E-state index contributed by atoms with van der Waals surface area (Å²) in [5.74, 6) is 1.28. The second kappa shape index (κ2) is 8.17. The van der Waals surface area contributed by atoms with E-state index in [0.29, 0.717) is 21.7 Å². The molecule has 110 valence electrons. The topological polar surface area (TPSA) is 41.9 Å².